The number of nitrogens with one attached hydrogen (secondary N) is 1. The summed E-state index contributed by atoms with van der Waals surface area (Å²) in [5, 5.41) is 62.8. The average Bonchev–Trinajstić information content (AvgIpc) is 2.25. The first-order valence-corrected chi connectivity index (χ1v) is 4.65. The molecule has 0 aromatic heterocycles. The van der Waals surface area contributed by atoms with E-state index in [9.17, 15) is 5.11 Å². The summed E-state index contributed by atoms with van der Waals surface area (Å²) in [7, 11) is 1.57. The number of hydrogen-bond acceptors (Lipinski definition) is 8. The van der Waals surface area contributed by atoms with Crippen LogP contribution in [-0.4, -0.2) is 81.4 Å². The van der Waals surface area contributed by atoms with Gasteiger partial charge in [-0.3, -0.25) is 0 Å². The van der Waals surface area contributed by atoms with Gasteiger partial charge in [-0.2, -0.15) is 0 Å². The zero-order valence-electron chi connectivity index (χ0n) is 10.2. The van der Waals surface area contributed by atoms with Gasteiger partial charge in [0.2, 0.25) is 6.16 Å². The Morgan fingerprint density at radius 3 is 1.78 bits per heavy atom. The van der Waals surface area contributed by atoms with Crippen LogP contribution in [0.4, 0.5) is 4.79 Å². The monoisotopic (exact) mass is 279 g/mol. The Kier molecular flexibility index (Phi) is 17.3. The fraction of sp³-hybridized carbons (Fsp3) is 0.875. The Morgan fingerprint density at radius 2 is 1.50 bits per heavy atom. The zero-order chi connectivity index (χ0) is 14.0. The smallest absolute Gasteiger partial charge is 0.565 e. The van der Waals surface area contributed by atoms with Crippen LogP contribution in [0.25, 0.3) is 0 Å². The maximum Gasteiger partial charge on any atom is 1.00 e. The van der Waals surface area contributed by atoms with Crippen LogP contribution in [0.1, 0.15) is 0 Å². The number of likely N-dealkylation sites (N-methyl/N-ethyl adjacent to an activating group) is 1. The van der Waals surface area contributed by atoms with Crippen LogP contribution in [-0.2, 0) is 0 Å². The molecular formula is C8H18NNaO8. The van der Waals surface area contributed by atoms with Crippen molar-refractivity contribution in [1.29, 1.82) is 0 Å². The van der Waals surface area contributed by atoms with Crippen LogP contribution >= 0.6 is 0 Å². The third-order valence-corrected chi connectivity index (χ3v) is 1.74. The minimum Gasteiger partial charge on any atom is -0.565 e. The maximum atomic E-state index is 9.21. The van der Waals surface area contributed by atoms with Gasteiger partial charge in [0.15, 0.2) is 0 Å². The van der Waals surface area contributed by atoms with E-state index in [1.165, 1.54) is 0 Å². The predicted octanol–water partition coefficient (Wildman–Crippen LogP) is -7.47. The Labute approximate surface area is 126 Å². The fourth-order valence-corrected chi connectivity index (χ4v) is 0.893. The fourth-order valence-electron chi connectivity index (χ4n) is 0.893. The van der Waals surface area contributed by atoms with E-state index < -0.39 is 37.2 Å². The second-order valence-electron chi connectivity index (χ2n) is 3.12. The minimum atomic E-state index is -2.08. The van der Waals surface area contributed by atoms with Crippen molar-refractivity contribution < 1.29 is 70.1 Å². The van der Waals surface area contributed by atoms with E-state index in [0.717, 1.165) is 0 Å². The quantitative estimate of drug-likeness (QED) is 0.233. The first-order valence-electron chi connectivity index (χ1n) is 4.65. The van der Waals surface area contributed by atoms with Crippen molar-refractivity contribution in [2.75, 3.05) is 20.2 Å². The van der Waals surface area contributed by atoms with Crippen LogP contribution in [0, 0.1) is 0 Å². The number of aliphatic hydroxyl groups is 5. The molecule has 0 unspecified atom stereocenters. The van der Waals surface area contributed by atoms with Crippen molar-refractivity contribution >= 4 is 6.16 Å². The van der Waals surface area contributed by atoms with E-state index in [2.05, 4.69) is 5.32 Å². The molecule has 0 spiro atoms. The first-order chi connectivity index (χ1) is 7.77. The van der Waals surface area contributed by atoms with Crippen LogP contribution in [0.5, 0.6) is 0 Å². The molecule has 0 saturated heterocycles. The maximum absolute atomic E-state index is 9.21. The number of carboxylic acid groups (broad SMARTS) is 2. The van der Waals surface area contributed by atoms with Crippen LogP contribution in [0.3, 0.4) is 0 Å². The predicted molar refractivity (Wildman–Crippen MR) is 53.1 cm³/mol. The van der Waals surface area contributed by atoms with Gasteiger partial charge in [-0.1, -0.05) is 0 Å². The van der Waals surface area contributed by atoms with Gasteiger partial charge in [-0.15, -0.1) is 0 Å². The topological polar surface area (TPSA) is 174 Å². The molecule has 0 aromatic carbocycles. The third-order valence-electron chi connectivity index (χ3n) is 1.74. The van der Waals surface area contributed by atoms with E-state index in [1.54, 1.807) is 7.05 Å². The summed E-state index contributed by atoms with van der Waals surface area (Å²) in [6, 6.07) is 0. The average molecular weight is 279 g/mol. The molecule has 0 amide bonds. The molecule has 0 aliphatic rings. The molecular weight excluding hydrogens is 261 g/mol. The summed E-state index contributed by atoms with van der Waals surface area (Å²) in [5.74, 6) is 0. The number of rotatable bonds is 6. The van der Waals surface area contributed by atoms with E-state index in [1.807, 2.05) is 0 Å². The van der Waals surface area contributed by atoms with E-state index in [0.29, 0.717) is 0 Å². The second kappa shape index (κ2) is 13.5. The molecule has 0 rings (SSSR count). The summed E-state index contributed by atoms with van der Waals surface area (Å²) in [6.07, 6.45) is -7.73. The van der Waals surface area contributed by atoms with Gasteiger partial charge in [0.25, 0.3) is 0 Å². The van der Waals surface area contributed by atoms with Crippen molar-refractivity contribution in [2.45, 2.75) is 24.4 Å². The van der Waals surface area contributed by atoms with Crippen LogP contribution in [0.2, 0.25) is 0 Å². The van der Waals surface area contributed by atoms with Crippen molar-refractivity contribution in [3.63, 3.8) is 0 Å². The Morgan fingerprint density at radius 1 is 1.17 bits per heavy atom. The molecule has 4 atom stereocenters. The molecule has 0 aromatic rings. The standard InChI is InChI=1S/C7H17NO5.CH2O3.Na/c1-8-2-4(10)6(12)7(13)5(11)3-9;2-1(3)4;/h4-13H,2-3H2,1H3;(H2,2,3,4);/q;;+1/p-1/t4-,5+,6+,7+;;/m0../s1. The summed E-state index contributed by atoms with van der Waals surface area (Å²) in [4.78, 5) is 8.44. The molecule has 0 fully saturated rings. The van der Waals surface area contributed by atoms with Crippen molar-refractivity contribution in [3.05, 3.63) is 0 Å². The Bertz CT molecular complexity index is 204. The number of aliphatic hydroxyl groups excluding tert-OH is 5. The molecule has 104 valence electrons. The third kappa shape index (κ3) is 12.5. The van der Waals surface area contributed by atoms with Gasteiger partial charge in [-0.05, 0) is 7.05 Å². The molecule has 18 heavy (non-hydrogen) atoms. The molecule has 7 N–H and O–H groups in total. The van der Waals surface area contributed by atoms with Gasteiger partial charge < -0.3 is 45.9 Å². The van der Waals surface area contributed by atoms with Crippen LogP contribution < -0.4 is 40.0 Å². The van der Waals surface area contributed by atoms with E-state index in [-0.39, 0.29) is 36.1 Å². The summed E-state index contributed by atoms with van der Waals surface area (Å²) in [6.45, 7) is -0.569. The summed E-state index contributed by atoms with van der Waals surface area (Å²) >= 11 is 0. The van der Waals surface area contributed by atoms with Crippen LogP contribution in [0.15, 0.2) is 0 Å². The van der Waals surface area contributed by atoms with Gasteiger partial charge in [-0.25, -0.2) is 0 Å². The molecule has 0 radical (unpaired) electrons. The second-order valence-corrected chi connectivity index (χ2v) is 3.12. The number of hydrogen-bond donors (Lipinski definition) is 7. The summed E-state index contributed by atoms with van der Waals surface area (Å²) < 4.78 is 0. The largest absolute Gasteiger partial charge is 1.00 e. The van der Waals surface area contributed by atoms with Gasteiger partial charge in [0.1, 0.15) is 18.3 Å². The van der Waals surface area contributed by atoms with Crippen molar-refractivity contribution in [2.24, 2.45) is 0 Å². The van der Waals surface area contributed by atoms with Crippen molar-refractivity contribution in [1.82, 2.24) is 5.32 Å². The van der Waals surface area contributed by atoms with E-state index >= 15 is 0 Å². The number of carbonyl (C=O) groups is 1. The molecule has 0 aliphatic carbocycles. The Hall–Kier alpha value is 0.0300. The van der Waals surface area contributed by atoms with Gasteiger partial charge in [0, 0.05) is 6.54 Å². The molecule has 9 nitrogen and oxygen atoms in total. The normalized spacial score (nSPS) is 16.3. The molecule has 10 heteroatoms. The molecule has 0 heterocycles. The van der Waals surface area contributed by atoms with E-state index in [4.69, 9.17) is 35.4 Å². The Balaban J connectivity index is -0.000000392. The molecule has 0 aliphatic heterocycles. The minimum absolute atomic E-state index is 0. The molecule has 0 bridgehead atoms. The summed E-state index contributed by atoms with van der Waals surface area (Å²) in [5.41, 5.74) is 0. The zero-order valence-corrected chi connectivity index (χ0v) is 12.2. The molecule has 0 saturated carbocycles. The van der Waals surface area contributed by atoms with Gasteiger partial charge >= 0.3 is 29.6 Å². The first kappa shape index (κ1) is 23.1. The SMILES string of the molecule is CNC[C@H](O)[C@@H](O)[C@H](O)[C@H](O)CO.O=C([O-])O.[Na+]. The van der Waals surface area contributed by atoms with Gasteiger partial charge in [0.05, 0.1) is 12.7 Å². The van der Waals surface area contributed by atoms with Crippen molar-refractivity contribution in [3.8, 4) is 0 Å².